The Balaban J connectivity index is 1.37. The molecule has 70 heavy (non-hydrogen) atoms. The van der Waals surface area contributed by atoms with Crippen molar-refractivity contribution >= 4 is 53.4 Å². The second kappa shape index (κ2) is 39.9. The van der Waals surface area contributed by atoms with Crippen molar-refractivity contribution in [2.24, 2.45) is 11.8 Å². The van der Waals surface area contributed by atoms with Crippen LogP contribution in [0.15, 0.2) is 0 Å². The minimum Gasteiger partial charge on any atom is -0.481 e. The molecule has 0 aromatic rings. The third kappa shape index (κ3) is 32.2. The largest absolute Gasteiger partial charge is 0.481 e. The Morgan fingerprint density at radius 1 is 0.529 bits per heavy atom. The Bertz CT molecular complexity index is 1540. The van der Waals surface area contributed by atoms with Gasteiger partial charge in [0, 0.05) is 57.7 Å². The number of nitrogens with zero attached hydrogens (tertiary/aromatic N) is 1. The summed E-state index contributed by atoms with van der Waals surface area (Å²) in [6, 6.07) is -1.20. The van der Waals surface area contributed by atoms with Crippen LogP contribution in [0, 0.1) is 11.8 Å². The molecule has 1 saturated heterocycles. The first-order chi connectivity index (χ1) is 33.8. The monoisotopic (exact) mass is 998 g/mol. The summed E-state index contributed by atoms with van der Waals surface area (Å²) in [6.07, 6.45) is 22.0. The van der Waals surface area contributed by atoms with Gasteiger partial charge in [0.2, 0.25) is 23.6 Å². The maximum absolute atomic E-state index is 13.0. The van der Waals surface area contributed by atoms with Crippen LogP contribution >= 0.6 is 0 Å². The molecule has 0 bridgehead atoms. The van der Waals surface area contributed by atoms with Gasteiger partial charge in [-0.25, -0.2) is 9.59 Å². The number of ether oxygens (including phenoxy) is 4. The van der Waals surface area contributed by atoms with Crippen molar-refractivity contribution in [2.45, 2.75) is 173 Å². The summed E-state index contributed by atoms with van der Waals surface area (Å²) in [5.41, 5.74) is 0. The maximum atomic E-state index is 13.0. The molecule has 0 aromatic carbocycles. The van der Waals surface area contributed by atoms with E-state index in [4.69, 9.17) is 24.1 Å². The SMILES string of the molecule is O=C(O)CCCCCCCCCCCCCCCCCCC(=O)NCC1CCC(C(=O)NC(CCC(=O)NCCOCCOCC(=O)NCCOCCOCC(=O)ON2C(=O)CCC2=O)C(=O)O)CC1. The van der Waals surface area contributed by atoms with Gasteiger partial charge in [-0.05, 0) is 50.9 Å². The van der Waals surface area contributed by atoms with Crippen molar-refractivity contribution in [3.05, 3.63) is 0 Å². The van der Waals surface area contributed by atoms with Gasteiger partial charge in [0.1, 0.15) is 19.3 Å². The number of carboxylic acids is 2. The minimum absolute atomic E-state index is 0.00147. The molecule has 400 valence electrons. The molecule has 21 heteroatoms. The summed E-state index contributed by atoms with van der Waals surface area (Å²) < 4.78 is 21.0. The molecule has 2 rings (SSSR count). The van der Waals surface area contributed by atoms with Crippen LogP contribution in [0.25, 0.3) is 0 Å². The van der Waals surface area contributed by atoms with Gasteiger partial charge in [-0.2, -0.15) is 0 Å². The minimum atomic E-state index is -1.21. The lowest BCUT2D eigenvalue weighted by atomic mass is 9.81. The molecule has 0 radical (unpaired) electrons. The lowest BCUT2D eigenvalue weighted by molar-refractivity contribution is -0.200. The molecule has 1 heterocycles. The smallest absolute Gasteiger partial charge is 0.358 e. The van der Waals surface area contributed by atoms with Crippen molar-refractivity contribution in [3.8, 4) is 0 Å². The lowest BCUT2D eigenvalue weighted by Gasteiger charge is -2.28. The highest BCUT2D eigenvalue weighted by Crippen LogP contribution is 2.29. The normalized spacial score (nSPS) is 16.1. The molecule has 0 spiro atoms. The van der Waals surface area contributed by atoms with Gasteiger partial charge in [0.05, 0.1) is 39.6 Å². The van der Waals surface area contributed by atoms with Crippen molar-refractivity contribution < 1.29 is 77.1 Å². The second-order valence-electron chi connectivity index (χ2n) is 18.1. The molecule has 6 amide bonds. The van der Waals surface area contributed by atoms with E-state index < -0.39 is 42.4 Å². The zero-order valence-electron chi connectivity index (χ0n) is 41.5. The summed E-state index contributed by atoms with van der Waals surface area (Å²) in [5, 5.41) is 29.7. The zero-order chi connectivity index (χ0) is 51.0. The van der Waals surface area contributed by atoms with Gasteiger partial charge < -0.3 is 55.3 Å². The van der Waals surface area contributed by atoms with Crippen LogP contribution in [-0.4, -0.2) is 147 Å². The van der Waals surface area contributed by atoms with Gasteiger partial charge in [-0.3, -0.25) is 33.6 Å². The lowest BCUT2D eigenvalue weighted by Crippen LogP contribution is -2.45. The second-order valence-corrected chi connectivity index (χ2v) is 18.1. The number of carboxylic acid groups (broad SMARTS) is 2. The number of rotatable bonds is 44. The summed E-state index contributed by atoms with van der Waals surface area (Å²) >= 11 is 0. The number of hydrogen-bond acceptors (Lipinski definition) is 14. The molecular formula is C49H83N5O16. The fraction of sp³-hybridized carbons (Fsp3) is 0.816. The average molecular weight is 998 g/mol. The number of hydrogen-bond donors (Lipinski definition) is 6. The van der Waals surface area contributed by atoms with Crippen LogP contribution in [0.1, 0.15) is 167 Å². The highest BCUT2D eigenvalue weighted by atomic mass is 16.7. The predicted octanol–water partition coefficient (Wildman–Crippen LogP) is 4.27. The maximum Gasteiger partial charge on any atom is 0.358 e. The van der Waals surface area contributed by atoms with Crippen LogP contribution in [0.3, 0.4) is 0 Å². The fourth-order valence-corrected chi connectivity index (χ4v) is 8.05. The van der Waals surface area contributed by atoms with Gasteiger partial charge in [-0.1, -0.05) is 89.9 Å². The molecule has 1 saturated carbocycles. The molecule has 2 aliphatic rings. The quantitative estimate of drug-likeness (QED) is 0.0367. The predicted molar refractivity (Wildman–Crippen MR) is 254 cm³/mol. The summed E-state index contributed by atoms with van der Waals surface area (Å²) in [5.74, 6) is -5.02. The zero-order valence-corrected chi connectivity index (χ0v) is 41.5. The van der Waals surface area contributed by atoms with E-state index in [-0.39, 0.29) is 127 Å². The Morgan fingerprint density at radius 2 is 0.986 bits per heavy atom. The number of amides is 6. The van der Waals surface area contributed by atoms with E-state index in [1.807, 2.05) is 0 Å². The first-order valence-corrected chi connectivity index (χ1v) is 25.8. The third-order valence-electron chi connectivity index (χ3n) is 12.2. The van der Waals surface area contributed by atoms with Crippen LogP contribution in [0.5, 0.6) is 0 Å². The molecule has 21 nitrogen and oxygen atoms in total. The Morgan fingerprint density at radius 3 is 1.50 bits per heavy atom. The summed E-state index contributed by atoms with van der Waals surface area (Å²) in [6.45, 7) is 1.10. The van der Waals surface area contributed by atoms with Gasteiger partial charge in [0.15, 0.2) is 0 Å². The molecule has 1 aliphatic heterocycles. The Kier molecular flexibility index (Phi) is 35.0. The van der Waals surface area contributed by atoms with Gasteiger partial charge >= 0.3 is 17.9 Å². The van der Waals surface area contributed by atoms with Crippen LogP contribution < -0.4 is 21.3 Å². The number of imide groups is 1. The van der Waals surface area contributed by atoms with Crippen molar-refractivity contribution in [2.75, 3.05) is 72.5 Å². The van der Waals surface area contributed by atoms with Crippen molar-refractivity contribution in [1.82, 2.24) is 26.3 Å². The average Bonchev–Trinajstić information content (AvgIpc) is 3.65. The third-order valence-corrected chi connectivity index (χ3v) is 12.2. The van der Waals surface area contributed by atoms with E-state index in [0.29, 0.717) is 30.9 Å². The first-order valence-electron chi connectivity index (χ1n) is 25.8. The van der Waals surface area contributed by atoms with E-state index in [9.17, 15) is 48.3 Å². The van der Waals surface area contributed by atoms with E-state index in [2.05, 4.69) is 26.1 Å². The van der Waals surface area contributed by atoms with E-state index in [1.165, 1.54) is 64.2 Å². The number of hydroxylamine groups is 2. The Hall–Kier alpha value is -4.73. The Labute approximate surface area is 413 Å². The molecule has 1 aliphatic carbocycles. The number of aliphatic carboxylic acids is 2. The van der Waals surface area contributed by atoms with E-state index >= 15 is 0 Å². The first kappa shape index (κ1) is 61.4. The molecule has 1 unspecified atom stereocenters. The molecule has 2 fully saturated rings. The van der Waals surface area contributed by atoms with Crippen LogP contribution in [-0.2, 0) is 66.9 Å². The van der Waals surface area contributed by atoms with Crippen molar-refractivity contribution in [3.63, 3.8) is 0 Å². The highest BCUT2D eigenvalue weighted by molar-refractivity contribution is 6.01. The molecule has 0 aromatic heterocycles. The van der Waals surface area contributed by atoms with Crippen molar-refractivity contribution in [1.29, 1.82) is 0 Å². The number of carbonyl (C=O) groups is 9. The molecule has 6 N–H and O–H groups in total. The van der Waals surface area contributed by atoms with E-state index in [1.54, 1.807) is 0 Å². The van der Waals surface area contributed by atoms with Gasteiger partial charge in [-0.15, -0.1) is 5.06 Å². The van der Waals surface area contributed by atoms with Crippen LogP contribution in [0.4, 0.5) is 0 Å². The highest BCUT2D eigenvalue weighted by Gasteiger charge is 2.33. The molecule has 1 atom stereocenters. The fourth-order valence-electron chi connectivity index (χ4n) is 8.05. The van der Waals surface area contributed by atoms with Gasteiger partial charge in [0.25, 0.3) is 11.8 Å². The number of nitrogens with one attached hydrogen (secondary N) is 4. The van der Waals surface area contributed by atoms with E-state index in [0.717, 1.165) is 51.4 Å². The number of unbranched alkanes of at least 4 members (excludes halogenated alkanes) is 15. The molecular weight excluding hydrogens is 915 g/mol. The van der Waals surface area contributed by atoms with Crippen LogP contribution in [0.2, 0.25) is 0 Å². The number of carbonyl (C=O) groups excluding carboxylic acids is 7. The standard InChI is InChI=1S/C49H83N5O16/c55-41(17-15-13-11-9-7-5-3-1-2-4-6-8-10-12-14-16-18-46(60)61)52-35-38-19-21-39(22-20-38)48(63)53-40(49(64)65)23-24-42(56)50-27-29-66-31-33-68-36-43(57)51-28-30-67-32-34-69-37-47(62)70-54-44(58)25-26-45(54)59/h38-40H,1-37H2,(H,50,56)(H,51,57)(H,52,55)(H,53,63)(H,60,61)(H,64,65). The summed E-state index contributed by atoms with van der Waals surface area (Å²) in [4.78, 5) is 111. The topological polar surface area (TPSA) is 292 Å². The summed E-state index contributed by atoms with van der Waals surface area (Å²) in [7, 11) is 0.